The molecular weight excluding hydrogens is 358 g/mol. The molecule has 0 N–H and O–H groups in total. The van der Waals surface area contributed by atoms with Crippen LogP contribution in [0.2, 0.25) is 0 Å². The normalized spacial score (nSPS) is 10.9. The van der Waals surface area contributed by atoms with E-state index in [9.17, 15) is 4.79 Å². The Morgan fingerprint density at radius 1 is 0.759 bits per heavy atom. The highest BCUT2D eigenvalue weighted by atomic mass is 16.5. The molecule has 0 aliphatic carbocycles. The van der Waals surface area contributed by atoms with Crippen LogP contribution >= 0.6 is 0 Å². The van der Waals surface area contributed by atoms with Crippen LogP contribution in [0.5, 0.6) is 5.75 Å². The summed E-state index contributed by atoms with van der Waals surface area (Å²) in [6, 6.07) is 21.6. The van der Waals surface area contributed by atoms with Crippen molar-refractivity contribution in [2.75, 3.05) is 0 Å². The van der Waals surface area contributed by atoms with Crippen molar-refractivity contribution in [2.45, 2.75) is 27.7 Å². The van der Waals surface area contributed by atoms with Crippen molar-refractivity contribution in [1.82, 2.24) is 4.98 Å². The van der Waals surface area contributed by atoms with Crippen molar-refractivity contribution in [2.24, 2.45) is 0 Å². The zero-order chi connectivity index (χ0) is 20.5. The van der Waals surface area contributed by atoms with Crippen LogP contribution in [-0.4, -0.2) is 11.0 Å². The van der Waals surface area contributed by atoms with E-state index in [0.29, 0.717) is 11.3 Å². The number of aromatic nitrogens is 1. The standard InChI is InChI=1S/C26H23NO2/c1-16-5-9-20(10-6-16)25-15-23(22-13-17(2)7-12-24(22)27-25)26(28)29-21-11-8-18(3)19(4)14-21/h5-15H,1-4H3. The molecule has 0 bridgehead atoms. The van der Waals surface area contributed by atoms with Crippen LogP contribution in [0.25, 0.3) is 22.2 Å². The molecule has 0 unspecified atom stereocenters. The predicted molar refractivity (Wildman–Crippen MR) is 118 cm³/mol. The molecule has 0 fully saturated rings. The first kappa shape index (κ1) is 18.9. The summed E-state index contributed by atoms with van der Waals surface area (Å²) in [6.45, 7) is 8.10. The van der Waals surface area contributed by atoms with Gasteiger partial charge in [-0.15, -0.1) is 0 Å². The maximum Gasteiger partial charge on any atom is 0.344 e. The lowest BCUT2D eigenvalue weighted by atomic mass is 10.0. The lowest BCUT2D eigenvalue weighted by Gasteiger charge is -2.11. The van der Waals surface area contributed by atoms with Gasteiger partial charge in [0.15, 0.2) is 0 Å². The number of benzene rings is 3. The molecule has 1 heterocycles. The fraction of sp³-hybridized carbons (Fsp3) is 0.154. The van der Waals surface area contributed by atoms with Crippen molar-refractivity contribution in [3.63, 3.8) is 0 Å². The lowest BCUT2D eigenvalue weighted by molar-refractivity contribution is 0.0736. The minimum Gasteiger partial charge on any atom is -0.423 e. The van der Waals surface area contributed by atoms with Crippen molar-refractivity contribution in [1.29, 1.82) is 0 Å². The summed E-state index contributed by atoms with van der Waals surface area (Å²) >= 11 is 0. The Bertz CT molecular complexity index is 1220. The second kappa shape index (κ2) is 7.51. The smallest absolute Gasteiger partial charge is 0.344 e. The molecule has 4 rings (SSSR count). The molecule has 0 aliphatic heterocycles. The van der Waals surface area contributed by atoms with E-state index in [1.165, 1.54) is 5.56 Å². The van der Waals surface area contributed by atoms with Gasteiger partial charge in [0.05, 0.1) is 16.8 Å². The highest BCUT2D eigenvalue weighted by molar-refractivity contribution is 6.05. The topological polar surface area (TPSA) is 39.2 Å². The number of pyridine rings is 1. The average molecular weight is 381 g/mol. The van der Waals surface area contributed by atoms with Gasteiger partial charge < -0.3 is 4.74 Å². The molecule has 3 aromatic carbocycles. The van der Waals surface area contributed by atoms with E-state index in [2.05, 4.69) is 0 Å². The predicted octanol–water partition coefficient (Wildman–Crippen LogP) is 6.35. The minimum absolute atomic E-state index is 0.375. The van der Waals surface area contributed by atoms with Crippen LogP contribution in [0, 0.1) is 27.7 Å². The van der Waals surface area contributed by atoms with Gasteiger partial charge in [0, 0.05) is 10.9 Å². The van der Waals surface area contributed by atoms with E-state index in [4.69, 9.17) is 9.72 Å². The highest BCUT2D eigenvalue weighted by Gasteiger charge is 2.17. The van der Waals surface area contributed by atoms with Crippen LogP contribution in [-0.2, 0) is 0 Å². The summed E-state index contributed by atoms with van der Waals surface area (Å²) < 4.78 is 5.73. The number of fused-ring (bicyclic) bond motifs is 1. The largest absolute Gasteiger partial charge is 0.423 e. The quantitative estimate of drug-likeness (QED) is 0.306. The number of carbonyl (C=O) groups excluding carboxylic acids is 1. The number of rotatable bonds is 3. The van der Waals surface area contributed by atoms with Gasteiger partial charge in [-0.1, -0.05) is 47.5 Å². The van der Waals surface area contributed by atoms with Gasteiger partial charge in [0.2, 0.25) is 0 Å². The lowest BCUT2D eigenvalue weighted by Crippen LogP contribution is -2.10. The maximum absolute atomic E-state index is 13.1. The molecule has 144 valence electrons. The van der Waals surface area contributed by atoms with Crippen LogP contribution in [0.1, 0.15) is 32.6 Å². The molecule has 4 aromatic rings. The number of nitrogens with zero attached hydrogens (tertiary/aromatic N) is 1. The minimum atomic E-state index is -0.375. The number of hydrogen-bond donors (Lipinski definition) is 0. The molecular formula is C26H23NO2. The molecule has 3 nitrogen and oxygen atoms in total. The molecule has 0 aliphatic rings. The SMILES string of the molecule is Cc1ccc(-c2cc(C(=O)Oc3ccc(C)c(C)c3)c3cc(C)ccc3n2)cc1. The Morgan fingerprint density at radius 3 is 2.21 bits per heavy atom. The zero-order valence-electron chi connectivity index (χ0n) is 17.1. The van der Waals surface area contributed by atoms with Gasteiger partial charge in [-0.05, 0) is 69.2 Å². The number of ether oxygens (including phenoxy) is 1. The summed E-state index contributed by atoms with van der Waals surface area (Å²) in [6.07, 6.45) is 0. The molecule has 3 heteroatoms. The van der Waals surface area contributed by atoms with Gasteiger partial charge in [-0.3, -0.25) is 0 Å². The molecule has 0 atom stereocenters. The second-order valence-electron chi connectivity index (χ2n) is 7.58. The number of aryl methyl sites for hydroxylation is 4. The van der Waals surface area contributed by atoms with Crippen molar-refractivity contribution < 1.29 is 9.53 Å². The van der Waals surface area contributed by atoms with E-state index < -0.39 is 0 Å². The van der Waals surface area contributed by atoms with E-state index in [0.717, 1.165) is 38.9 Å². The van der Waals surface area contributed by atoms with Gasteiger partial charge >= 0.3 is 5.97 Å². The molecule has 0 saturated heterocycles. The van der Waals surface area contributed by atoms with E-state index in [1.807, 2.05) is 94.4 Å². The van der Waals surface area contributed by atoms with Crippen molar-refractivity contribution in [3.05, 3.63) is 94.5 Å². The summed E-state index contributed by atoms with van der Waals surface area (Å²) in [5.41, 5.74) is 7.53. The Morgan fingerprint density at radius 2 is 1.48 bits per heavy atom. The molecule has 0 amide bonds. The second-order valence-corrected chi connectivity index (χ2v) is 7.58. The Labute approximate surface area is 171 Å². The van der Waals surface area contributed by atoms with E-state index in [-0.39, 0.29) is 5.97 Å². The third kappa shape index (κ3) is 3.90. The van der Waals surface area contributed by atoms with Gasteiger partial charge in [0.25, 0.3) is 0 Å². The van der Waals surface area contributed by atoms with Gasteiger partial charge in [-0.2, -0.15) is 0 Å². The average Bonchev–Trinajstić information content (AvgIpc) is 2.70. The highest BCUT2D eigenvalue weighted by Crippen LogP contribution is 2.27. The van der Waals surface area contributed by atoms with E-state index >= 15 is 0 Å². The summed E-state index contributed by atoms with van der Waals surface area (Å²) in [4.78, 5) is 17.9. The van der Waals surface area contributed by atoms with Gasteiger partial charge in [-0.25, -0.2) is 9.78 Å². The first-order chi connectivity index (χ1) is 13.9. The summed E-state index contributed by atoms with van der Waals surface area (Å²) in [5, 5.41) is 0.801. The number of carbonyl (C=O) groups is 1. The Kier molecular flexibility index (Phi) is 4.89. The van der Waals surface area contributed by atoms with Gasteiger partial charge in [0.1, 0.15) is 5.75 Å². The van der Waals surface area contributed by atoms with Crippen LogP contribution < -0.4 is 4.74 Å². The molecule has 0 spiro atoms. The zero-order valence-corrected chi connectivity index (χ0v) is 17.1. The van der Waals surface area contributed by atoms with Crippen molar-refractivity contribution >= 4 is 16.9 Å². The number of hydrogen-bond acceptors (Lipinski definition) is 3. The molecule has 29 heavy (non-hydrogen) atoms. The fourth-order valence-corrected chi connectivity index (χ4v) is 3.32. The molecule has 1 aromatic heterocycles. The summed E-state index contributed by atoms with van der Waals surface area (Å²) in [5.74, 6) is 0.173. The fourth-order valence-electron chi connectivity index (χ4n) is 3.32. The van der Waals surface area contributed by atoms with Crippen LogP contribution in [0.4, 0.5) is 0 Å². The van der Waals surface area contributed by atoms with E-state index in [1.54, 1.807) is 0 Å². The Hall–Kier alpha value is -3.46. The summed E-state index contributed by atoms with van der Waals surface area (Å²) in [7, 11) is 0. The first-order valence-corrected chi connectivity index (χ1v) is 9.68. The molecule has 0 radical (unpaired) electrons. The maximum atomic E-state index is 13.1. The van der Waals surface area contributed by atoms with Crippen LogP contribution in [0.15, 0.2) is 66.7 Å². The third-order valence-corrected chi connectivity index (χ3v) is 5.22. The first-order valence-electron chi connectivity index (χ1n) is 9.68. The van der Waals surface area contributed by atoms with Crippen molar-refractivity contribution in [3.8, 4) is 17.0 Å². The monoisotopic (exact) mass is 381 g/mol. The van der Waals surface area contributed by atoms with Crippen LogP contribution in [0.3, 0.4) is 0 Å². The Balaban J connectivity index is 1.82. The molecule has 0 saturated carbocycles. The number of esters is 1. The third-order valence-electron chi connectivity index (χ3n) is 5.22.